The molecule has 3 nitrogen and oxygen atoms in total. The van der Waals surface area contributed by atoms with Crippen LogP contribution in [0.3, 0.4) is 0 Å². The maximum atomic E-state index is 13.3. The number of nitrogens with two attached hydrogens (primary N) is 1. The molecule has 5 heteroatoms. The molecule has 0 aliphatic heterocycles. The van der Waals surface area contributed by atoms with Gasteiger partial charge >= 0.3 is 6.11 Å². The van der Waals surface area contributed by atoms with Crippen molar-refractivity contribution in [3.63, 3.8) is 0 Å². The minimum atomic E-state index is -3.25. The van der Waals surface area contributed by atoms with Crippen molar-refractivity contribution < 1.29 is 13.5 Å². The van der Waals surface area contributed by atoms with Crippen LogP contribution in [0.1, 0.15) is 18.4 Å². The lowest BCUT2D eigenvalue weighted by atomic mass is 10.2. The van der Waals surface area contributed by atoms with E-state index in [9.17, 15) is 8.78 Å². The topological polar surface area (TPSA) is 48.1 Å². The first-order valence-electron chi connectivity index (χ1n) is 4.35. The lowest BCUT2D eigenvalue weighted by molar-refractivity contribution is -0.255. The molecule has 0 atom stereocenters. The molecule has 2 N–H and O–H groups in total. The van der Waals surface area contributed by atoms with Gasteiger partial charge in [0.15, 0.2) is 0 Å². The largest absolute Gasteiger partial charge is 0.385 e. The van der Waals surface area contributed by atoms with Crippen LogP contribution in [0.25, 0.3) is 0 Å². The number of halogens is 2. The van der Waals surface area contributed by atoms with Crippen molar-refractivity contribution in [1.82, 2.24) is 4.98 Å². The zero-order chi connectivity index (χ0) is 10.2. The van der Waals surface area contributed by atoms with Gasteiger partial charge in [0.05, 0.1) is 11.7 Å². The van der Waals surface area contributed by atoms with E-state index >= 15 is 0 Å². The Kier molecular flexibility index (Phi) is 2.11. The number of anilines is 1. The number of aromatic nitrogens is 1. The molecule has 1 fully saturated rings. The molecule has 0 unspecified atom stereocenters. The van der Waals surface area contributed by atoms with Crippen molar-refractivity contribution in [3.8, 4) is 0 Å². The normalized spacial score (nSPS) is 17.0. The van der Waals surface area contributed by atoms with Crippen LogP contribution in [0.15, 0.2) is 18.3 Å². The Hall–Kier alpha value is -1.23. The van der Waals surface area contributed by atoms with Crippen LogP contribution in [-0.4, -0.2) is 11.1 Å². The lowest BCUT2D eigenvalue weighted by Crippen LogP contribution is -2.19. The van der Waals surface area contributed by atoms with Crippen molar-refractivity contribution in [2.24, 2.45) is 0 Å². The molecule has 76 valence electrons. The van der Waals surface area contributed by atoms with Crippen LogP contribution >= 0.6 is 0 Å². The van der Waals surface area contributed by atoms with Gasteiger partial charge < -0.3 is 10.5 Å². The van der Waals surface area contributed by atoms with Crippen molar-refractivity contribution >= 4 is 5.82 Å². The van der Waals surface area contributed by atoms with Crippen molar-refractivity contribution in [3.05, 3.63) is 23.9 Å². The lowest BCUT2D eigenvalue weighted by Gasteiger charge is -2.16. The summed E-state index contributed by atoms with van der Waals surface area (Å²) in [6, 6.07) is 2.56. The smallest absolute Gasteiger partial charge is 0.384 e. The maximum absolute atomic E-state index is 13.3. The highest BCUT2D eigenvalue weighted by Crippen LogP contribution is 2.37. The summed E-state index contributed by atoms with van der Waals surface area (Å²) in [5.74, 6) is 0.218. The summed E-state index contributed by atoms with van der Waals surface area (Å²) in [6.45, 7) is 0. The average Bonchev–Trinajstić information content (AvgIpc) is 2.88. The second-order valence-corrected chi connectivity index (χ2v) is 3.31. The number of hydrogen-bond donors (Lipinski definition) is 1. The van der Waals surface area contributed by atoms with Gasteiger partial charge in [0.1, 0.15) is 5.82 Å². The number of rotatable bonds is 3. The Labute approximate surface area is 79.9 Å². The van der Waals surface area contributed by atoms with Gasteiger partial charge in [0, 0.05) is 6.20 Å². The maximum Gasteiger partial charge on any atom is 0.385 e. The molecule has 1 aliphatic carbocycles. The second-order valence-electron chi connectivity index (χ2n) is 3.31. The predicted molar refractivity (Wildman–Crippen MR) is 46.7 cm³/mol. The van der Waals surface area contributed by atoms with Crippen molar-refractivity contribution in [1.29, 1.82) is 0 Å². The van der Waals surface area contributed by atoms with E-state index in [-0.39, 0.29) is 17.5 Å². The van der Waals surface area contributed by atoms with E-state index in [4.69, 9.17) is 5.73 Å². The summed E-state index contributed by atoms with van der Waals surface area (Å²) in [6.07, 6.45) is -1.10. The Bertz CT molecular complexity index is 322. The third kappa shape index (κ3) is 1.98. The molecule has 1 aromatic rings. The third-order valence-electron chi connectivity index (χ3n) is 1.96. The fourth-order valence-electron chi connectivity index (χ4n) is 1.04. The molecular formula is C9H10F2N2O. The van der Waals surface area contributed by atoms with Gasteiger partial charge in [0.2, 0.25) is 0 Å². The first kappa shape index (κ1) is 9.33. The summed E-state index contributed by atoms with van der Waals surface area (Å²) in [7, 11) is 0. The standard InChI is InChI=1S/C9H10F2N2O/c10-9(11,14-7-2-3-7)6-1-4-8(12)13-5-6/h1,4-5,7H,2-3H2,(H2,12,13). The highest BCUT2D eigenvalue weighted by molar-refractivity contribution is 5.30. The van der Waals surface area contributed by atoms with E-state index in [0.29, 0.717) is 12.8 Å². The summed E-state index contributed by atoms with van der Waals surface area (Å²) >= 11 is 0. The Morgan fingerprint density at radius 1 is 1.43 bits per heavy atom. The Morgan fingerprint density at radius 2 is 2.14 bits per heavy atom. The van der Waals surface area contributed by atoms with E-state index in [2.05, 4.69) is 9.72 Å². The molecule has 0 bridgehead atoms. The molecule has 0 amide bonds. The monoisotopic (exact) mass is 200 g/mol. The summed E-state index contributed by atoms with van der Waals surface area (Å²) in [5, 5.41) is 0. The highest BCUT2D eigenvalue weighted by Gasteiger charge is 2.40. The molecule has 0 spiro atoms. The second kappa shape index (κ2) is 3.16. The molecule has 1 aliphatic rings. The molecule has 0 aromatic carbocycles. The van der Waals surface area contributed by atoms with Crippen LogP contribution in [-0.2, 0) is 10.8 Å². The number of nitrogens with zero attached hydrogens (tertiary/aromatic N) is 1. The zero-order valence-corrected chi connectivity index (χ0v) is 7.41. The van der Waals surface area contributed by atoms with E-state index in [1.54, 1.807) is 0 Å². The predicted octanol–water partition coefficient (Wildman–Crippen LogP) is 1.89. The molecular weight excluding hydrogens is 190 g/mol. The van der Waals surface area contributed by atoms with E-state index in [1.807, 2.05) is 0 Å². The van der Waals surface area contributed by atoms with Crippen LogP contribution < -0.4 is 5.73 Å². The number of nitrogen functional groups attached to an aromatic ring is 1. The molecule has 14 heavy (non-hydrogen) atoms. The third-order valence-corrected chi connectivity index (χ3v) is 1.96. The highest BCUT2D eigenvalue weighted by atomic mass is 19.3. The van der Waals surface area contributed by atoms with Crippen LogP contribution in [0, 0.1) is 0 Å². The summed E-state index contributed by atoms with van der Waals surface area (Å²) in [4.78, 5) is 3.59. The number of ether oxygens (including phenoxy) is 1. The van der Waals surface area contributed by atoms with Gasteiger partial charge in [-0.2, -0.15) is 8.78 Å². The van der Waals surface area contributed by atoms with Crippen molar-refractivity contribution in [2.45, 2.75) is 25.1 Å². The first-order chi connectivity index (χ1) is 6.58. The number of hydrogen-bond acceptors (Lipinski definition) is 3. The average molecular weight is 200 g/mol. The first-order valence-corrected chi connectivity index (χ1v) is 4.35. The zero-order valence-electron chi connectivity index (χ0n) is 7.41. The molecule has 1 aromatic heterocycles. The summed E-state index contributed by atoms with van der Waals surface area (Å²) in [5.41, 5.74) is 5.04. The molecule has 0 saturated heterocycles. The van der Waals surface area contributed by atoms with Gasteiger partial charge in [0.25, 0.3) is 0 Å². The minimum Gasteiger partial charge on any atom is -0.384 e. The van der Waals surface area contributed by atoms with Crippen LogP contribution in [0.2, 0.25) is 0 Å². The number of pyridine rings is 1. The minimum absolute atomic E-state index is 0.218. The fraction of sp³-hybridized carbons (Fsp3) is 0.444. The van der Waals surface area contributed by atoms with Gasteiger partial charge in [-0.15, -0.1) is 0 Å². The Balaban J connectivity index is 2.14. The molecule has 1 saturated carbocycles. The van der Waals surface area contributed by atoms with E-state index in [0.717, 1.165) is 6.20 Å². The Morgan fingerprint density at radius 3 is 2.64 bits per heavy atom. The molecule has 1 heterocycles. The van der Waals surface area contributed by atoms with Gasteiger partial charge in [-0.1, -0.05) is 0 Å². The molecule has 0 radical (unpaired) electrons. The van der Waals surface area contributed by atoms with Crippen molar-refractivity contribution in [2.75, 3.05) is 5.73 Å². The van der Waals surface area contributed by atoms with Gasteiger partial charge in [-0.05, 0) is 25.0 Å². The van der Waals surface area contributed by atoms with E-state index < -0.39 is 6.11 Å². The number of alkyl halides is 2. The molecule has 2 rings (SSSR count). The van der Waals surface area contributed by atoms with E-state index in [1.165, 1.54) is 12.1 Å². The van der Waals surface area contributed by atoms with Crippen LogP contribution in [0.4, 0.5) is 14.6 Å². The van der Waals surface area contributed by atoms with Gasteiger partial charge in [-0.3, -0.25) is 0 Å². The van der Waals surface area contributed by atoms with Crippen LogP contribution in [0.5, 0.6) is 0 Å². The quantitative estimate of drug-likeness (QED) is 0.810. The van der Waals surface area contributed by atoms with Gasteiger partial charge in [-0.25, -0.2) is 4.98 Å². The SMILES string of the molecule is Nc1ccc(C(F)(F)OC2CC2)cn1. The fourth-order valence-corrected chi connectivity index (χ4v) is 1.04. The summed E-state index contributed by atoms with van der Waals surface area (Å²) < 4.78 is 31.1.